The van der Waals surface area contributed by atoms with Crippen molar-refractivity contribution in [1.29, 1.82) is 0 Å². The fourth-order valence-corrected chi connectivity index (χ4v) is 3.15. The molecule has 0 aromatic heterocycles. The Bertz CT molecular complexity index is 731. The topological polar surface area (TPSA) is 29.5 Å². The van der Waals surface area contributed by atoms with Crippen molar-refractivity contribution >= 4 is 5.97 Å². The van der Waals surface area contributed by atoms with E-state index in [0.29, 0.717) is 0 Å². The molecule has 24 heavy (non-hydrogen) atoms. The summed E-state index contributed by atoms with van der Waals surface area (Å²) in [5, 5.41) is 0. The van der Waals surface area contributed by atoms with E-state index < -0.39 is 0 Å². The Morgan fingerprint density at radius 1 is 1.12 bits per heavy atom. The number of likely N-dealkylation sites (tertiary alicyclic amines) is 1. The number of hydrogen-bond donors (Lipinski definition) is 0. The van der Waals surface area contributed by atoms with E-state index in [1.807, 2.05) is 48.5 Å². The first-order valence-electron chi connectivity index (χ1n) is 8.24. The van der Waals surface area contributed by atoms with Gasteiger partial charge < -0.3 is 4.74 Å². The van der Waals surface area contributed by atoms with E-state index in [2.05, 4.69) is 28.9 Å². The molecule has 1 aliphatic heterocycles. The highest BCUT2D eigenvalue weighted by molar-refractivity contribution is 5.76. The second-order valence-electron chi connectivity index (χ2n) is 5.87. The second kappa shape index (κ2) is 7.81. The summed E-state index contributed by atoms with van der Waals surface area (Å²) in [6.07, 6.45) is 1.80. The third-order valence-corrected chi connectivity index (χ3v) is 4.34. The number of esters is 1. The van der Waals surface area contributed by atoms with Gasteiger partial charge >= 0.3 is 5.97 Å². The van der Waals surface area contributed by atoms with Crippen LogP contribution in [0.1, 0.15) is 30.0 Å². The highest BCUT2D eigenvalue weighted by Crippen LogP contribution is 2.29. The molecule has 0 bridgehead atoms. The number of hydrogen-bond acceptors (Lipinski definition) is 3. The zero-order chi connectivity index (χ0) is 16.8. The van der Waals surface area contributed by atoms with E-state index in [9.17, 15) is 4.79 Å². The minimum atomic E-state index is -0.217. The van der Waals surface area contributed by atoms with Gasteiger partial charge in [-0.2, -0.15) is 0 Å². The molecule has 1 saturated heterocycles. The van der Waals surface area contributed by atoms with E-state index >= 15 is 0 Å². The molecule has 1 fully saturated rings. The molecule has 1 aliphatic rings. The number of benzene rings is 2. The molecule has 1 unspecified atom stereocenters. The van der Waals surface area contributed by atoms with Crippen LogP contribution in [0, 0.1) is 11.8 Å². The molecule has 122 valence electrons. The van der Waals surface area contributed by atoms with E-state index in [1.165, 1.54) is 7.11 Å². The maximum atomic E-state index is 12.1. The molecule has 0 amide bonds. The van der Waals surface area contributed by atoms with Gasteiger partial charge in [-0.1, -0.05) is 60.4 Å². The van der Waals surface area contributed by atoms with Crippen molar-refractivity contribution in [3.8, 4) is 11.8 Å². The number of carbonyl (C=O) groups excluding carboxylic acids is 1. The van der Waals surface area contributed by atoms with Gasteiger partial charge in [-0.25, -0.2) is 0 Å². The first-order chi connectivity index (χ1) is 11.8. The summed E-state index contributed by atoms with van der Waals surface area (Å²) in [5.41, 5.74) is 2.09. The summed E-state index contributed by atoms with van der Waals surface area (Å²) in [4.78, 5) is 14.3. The fourth-order valence-electron chi connectivity index (χ4n) is 3.15. The monoisotopic (exact) mass is 319 g/mol. The Morgan fingerprint density at radius 3 is 2.46 bits per heavy atom. The van der Waals surface area contributed by atoms with Crippen LogP contribution in [0.25, 0.3) is 0 Å². The molecule has 2 aromatic rings. The second-order valence-corrected chi connectivity index (χ2v) is 5.87. The Balaban J connectivity index is 1.94. The van der Waals surface area contributed by atoms with Gasteiger partial charge in [0.2, 0.25) is 0 Å². The van der Waals surface area contributed by atoms with E-state index in [-0.39, 0.29) is 18.1 Å². The lowest BCUT2D eigenvalue weighted by Crippen LogP contribution is -2.39. The molecule has 2 atom stereocenters. The Morgan fingerprint density at radius 2 is 1.79 bits per heavy atom. The van der Waals surface area contributed by atoms with Crippen molar-refractivity contribution in [3.05, 3.63) is 71.8 Å². The molecule has 3 nitrogen and oxygen atoms in total. The average molecular weight is 319 g/mol. The van der Waals surface area contributed by atoms with Crippen molar-refractivity contribution in [1.82, 2.24) is 4.90 Å². The van der Waals surface area contributed by atoms with Gasteiger partial charge in [0.15, 0.2) is 0 Å². The van der Waals surface area contributed by atoms with Crippen LogP contribution in [0.2, 0.25) is 0 Å². The van der Waals surface area contributed by atoms with Crippen LogP contribution in [-0.2, 0) is 9.53 Å². The minimum Gasteiger partial charge on any atom is -0.468 e. The quantitative estimate of drug-likeness (QED) is 0.641. The van der Waals surface area contributed by atoms with Gasteiger partial charge in [-0.15, -0.1) is 0 Å². The average Bonchev–Trinajstić information content (AvgIpc) is 3.12. The number of nitrogens with zero attached hydrogens (tertiary/aromatic N) is 1. The lowest BCUT2D eigenvalue weighted by Gasteiger charge is -2.28. The number of methoxy groups -OCH3 is 1. The zero-order valence-corrected chi connectivity index (χ0v) is 13.8. The van der Waals surface area contributed by atoms with Crippen molar-refractivity contribution in [2.24, 2.45) is 0 Å². The highest BCUT2D eigenvalue weighted by Gasteiger charge is 2.36. The minimum absolute atomic E-state index is 0.113. The lowest BCUT2D eigenvalue weighted by molar-refractivity contribution is -0.146. The molecule has 0 N–H and O–H groups in total. The van der Waals surface area contributed by atoms with Crippen LogP contribution in [0.3, 0.4) is 0 Å². The molecule has 0 spiro atoms. The Hall–Kier alpha value is -2.57. The molecular formula is C21H21NO2. The van der Waals surface area contributed by atoms with Gasteiger partial charge in [0, 0.05) is 12.1 Å². The molecule has 2 aromatic carbocycles. The molecule has 0 radical (unpaired) electrons. The summed E-state index contributed by atoms with van der Waals surface area (Å²) in [6.45, 7) is 0.850. The van der Waals surface area contributed by atoms with Crippen LogP contribution in [0.15, 0.2) is 60.7 Å². The van der Waals surface area contributed by atoms with Gasteiger partial charge in [-0.05, 0) is 30.5 Å². The summed E-state index contributed by atoms with van der Waals surface area (Å²) in [7, 11) is 1.45. The Labute approximate surface area is 143 Å². The van der Waals surface area contributed by atoms with Gasteiger partial charge in [0.05, 0.1) is 13.2 Å². The van der Waals surface area contributed by atoms with E-state index in [4.69, 9.17) is 4.74 Å². The molecule has 1 heterocycles. The largest absolute Gasteiger partial charge is 0.468 e. The zero-order valence-electron chi connectivity index (χ0n) is 13.8. The predicted octanol–water partition coefficient (Wildman–Crippen LogP) is 3.42. The summed E-state index contributed by atoms with van der Waals surface area (Å²) >= 11 is 0. The van der Waals surface area contributed by atoms with Crippen molar-refractivity contribution < 1.29 is 9.53 Å². The molecule has 3 heteroatoms. The van der Waals surface area contributed by atoms with E-state index in [0.717, 1.165) is 30.5 Å². The first-order valence-corrected chi connectivity index (χ1v) is 8.24. The Kier molecular flexibility index (Phi) is 5.30. The van der Waals surface area contributed by atoms with Crippen LogP contribution in [-0.4, -0.2) is 30.6 Å². The fraction of sp³-hybridized carbons (Fsp3) is 0.286. The van der Waals surface area contributed by atoms with Crippen molar-refractivity contribution in [2.45, 2.75) is 24.9 Å². The molecular weight excluding hydrogens is 298 g/mol. The van der Waals surface area contributed by atoms with Crippen molar-refractivity contribution in [3.63, 3.8) is 0 Å². The molecule has 3 rings (SSSR count). The van der Waals surface area contributed by atoms with Gasteiger partial charge in [-0.3, -0.25) is 9.69 Å². The van der Waals surface area contributed by atoms with Crippen LogP contribution in [0.4, 0.5) is 0 Å². The third kappa shape index (κ3) is 3.67. The predicted molar refractivity (Wildman–Crippen MR) is 94.2 cm³/mol. The standard InChI is InChI=1S/C21H21NO2/c1-24-21(23)20-13-8-16-22(20)19(18-11-6-3-7-12-18)15-14-17-9-4-2-5-10-17/h2-7,9-12,19-20H,8,13,16H2,1H3/t19?,20-/m0/s1. The van der Waals surface area contributed by atoms with E-state index in [1.54, 1.807) is 0 Å². The van der Waals surface area contributed by atoms with Crippen LogP contribution in [0.5, 0.6) is 0 Å². The van der Waals surface area contributed by atoms with Gasteiger partial charge in [0.1, 0.15) is 6.04 Å². The molecule has 0 aliphatic carbocycles. The maximum absolute atomic E-state index is 12.1. The number of carbonyl (C=O) groups is 1. The first kappa shape index (κ1) is 16.3. The van der Waals surface area contributed by atoms with Crippen LogP contribution >= 0.6 is 0 Å². The summed E-state index contributed by atoms with van der Waals surface area (Å²) in [6, 6.07) is 19.8. The normalized spacial score (nSPS) is 18.5. The van der Waals surface area contributed by atoms with Crippen molar-refractivity contribution in [2.75, 3.05) is 13.7 Å². The number of rotatable bonds is 3. The molecule has 0 saturated carbocycles. The van der Waals surface area contributed by atoms with Crippen LogP contribution < -0.4 is 0 Å². The summed E-state index contributed by atoms with van der Waals surface area (Å²) in [5.74, 6) is 6.45. The SMILES string of the molecule is COC(=O)[C@@H]1CCCN1C(C#Cc1ccccc1)c1ccccc1. The number of ether oxygens (including phenoxy) is 1. The smallest absolute Gasteiger partial charge is 0.323 e. The summed E-state index contributed by atoms with van der Waals surface area (Å²) < 4.78 is 4.98. The lowest BCUT2D eigenvalue weighted by atomic mass is 10.0. The maximum Gasteiger partial charge on any atom is 0.323 e. The third-order valence-electron chi connectivity index (χ3n) is 4.34. The van der Waals surface area contributed by atoms with Gasteiger partial charge in [0.25, 0.3) is 0 Å². The highest BCUT2D eigenvalue weighted by atomic mass is 16.5.